The Morgan fingerprint density at radius 3 is 2.62 bits per heavy atom. The van der Waals surface area contributed by atoms with E-state index in [1.165, 1.54) is 11.7 Å². The second-order valence-corrected chi connectivity index (χ2v) is 7.12. The van der Waals surface area contributed by atoms with Gasteiger partial charge in [-0.2, -0.15) is 0 Å². The van der Waals surface area contributed by atoms with E-state index >= 15 is 0 Å². The largest absolute Gasteiger partial charge is 0.495 e. The fraction of sp³-hybridized carbons (Fsp3) is 0.0952. The molecule has 0 spiro atoms. The molecule has 0 aliphatic rings. The van der Waals surface area contributed by atoms with E-state index in [4.69, 9.17) is 9.84 Å². The maximum absolute atomic E-state index is 13.4. The molecule has 8 heteroatoms. The van der Waals surface area contributed by atoms with E-state index in [-0.39, 0.29) is 16.5 Å². The number of hydrogen-bond donors (Lipinski definition) is 2. The van der Waals surface area contributed by atoms with Crippen LogP contribution in [0.4, 0.5) is 0 Å². The van der Waals surface area contributed by atoms with E-state index in [0.717, 1.165) is 22.9 Å². The highest BCUT2D eigenvalue weighted by Crippen LogP contribution is 2.30. The number of hydrogen-bond acceptors (Lipinski definition) is 5. The van der Waals surface area contributed by atoms with Crippen LogP contribution in [0.3, 0.4) is 0 Å². The first-order valence-electron chi connectivity index (χ1n) is 8.77. The van der Waals surface area contributed by atoms with Gasteiger partial charge in [0.1, 0.15) is 16.8 Å². The number of rotatable bonds is 6. The number of aromatic amines is 1. The molecule has 4 aromatic rings. The summed E-state index contributed by atoms with van der Waals surface area (Å²) < 4.78 is 6.79. The molecule has 0 amide bonds. The fourth-order valence-corrected chi connectivity index (χ4v) is 3.85. The quantitative estimate of drug-likeness (QED) is 0.375. The molecule has 146 valence electrons. The minimum atomic E-state index is -0.992. The highest BCUT2D eigenvalue weighted by molar-refractivity contribution is 7.99. The highest BCUT2D eigenvalue weighted by Gasteiger charge is 2.20. The van der Waals surface area contributed by atoms with Crippen LogP contribution in [0.15, 0.2) is 70.7 Å². The van der Waals surface area contributed by atoms with Crippen LogP contribution < -0.4 is 10.3 Å². The van der Waals surface area contributed by atoms with Gasteiger partial charge in [-0.05, 0) is 17.7 Å². The Hall–Kier alpha value is -3.52. The SMILES string of the molecule is COc1ccccc1-n1c(SCC(=O)O)nc2c(-c3ccccc3)c[nH]c2c1=O. The van der Waals surface area contributed by atoms with Gasteiger partial charge in [0, 0.05) is 11.8 Å². The predicted molar refractivity (Wildman–Crippen MR) is 112 cm³/mol. The third kappa shape index (κ3) is 3.50. The van der Waals surface area contributed by atoms with Crippen LogP contribution in [0.2, 0.25) is 0 Å². The van der Waals surface area contributed by atoms with Crippen molar-refractivity contribution in [2.24, 2.45) is 0 Å². The number of thioether (sulfide) groups is 1. The molecule has 2 aromatic carbocycles. The summed E-state index contributed by atoms with van der Waals surface area (Å²) in [5.41, 5.74) is 2.71. The average molecular weight is 407 g/mol. The number of nitrogens with zero attached hydrogens (tertiary/aromatic N) is 2. The number of nitrogens with one attached hydrogen (secondary N) is 1. The minimum absolute atomic E-state index is 0.224. The van der Waals surface area contributed by atoms with Gasteiger partial charge in [0.05, 0.1) is 18.6 Å². The lowest BCUT2D eigenvalue weighted by molar-refractivity contribution is -0.133. The molecule has 0 radical (unpaired) electrons. The Balaban J connectivity index is 2.00. The number of methoxy groups -OCH3 is 1. The second-order valence-electron chi connectivity index (χ2n) is 6.18. The van der Waals surface area contributed by atoms with E-state index in [1.54, 1.807) is 30.5 Å². The van der Waals surface area contributed by atoms with Crippen molar-refractivity contribution in [3.63, 3.8) is 0 Å². The summed E-state index contributed by atoms with van der Waals surface area (Å²) >= 11 is 0.988. The molecule has 0 aliphatic carbocycles. The van der Waals surface area contributed by atoms with Gasteiger partial charge < -0.3 is 14.8 Å². The topological polar surface area (TPSA) is 97.2 Å². The summed E-state index contributed by atoms with van der Waals surface area (Å²) in [5.74, 6) is -0.728. The van der Waals surface area contributed by atoms with Crippen molar-refractivity contribution in [1.29, 1.82) is 0 Å². The van der Waals surface area contributed by atoms with Gasteiger partial charge >= 0.3 is 5.97 Å². The number of H-pyrrole nitrogens is 1. The Morgan fingerprint density at radius 1 is 1.17 bits per heavy atom. The van der Waals surface area contributed by atoms with Gasteiger partial charge in [0.15, 0.2) is 5.16 Å². The molecule has 4 rings (SSSR count). The summed E-state index contributed by atoms with van der Waals surface area (Å²) in [6.45, 7) is 0. The third-order valence-electron chi connectivity index (χ3n) is 4.40. The summed E-state index contributed by atoms with van der Waals surface area (Å²) in [7, 11) is 1.52. The molecule has 0 saturated heterocycles. The standard InChI is InChI=1S/C21H17N3O4S/c1-28-16-10-6-5-9-15(16)24-20(27)19-18(23-21(24)29-12-17(25)26)14(11-22-19)13-7-3-2-4-8-13/h2-11,22H,12H2,1H3,(H,25,26). The van der Waals surface area contributed by atoms with Crippen molar-refractivity contribution in [2.45, 2.75) is 5.16 Å². The maximum Gasteiger partial charge on any atom is 0.313 e. The molecule has 29 heavy (non-hydrogen) atoms. The number of aliphatic carboxylic acids is 1. The summed E-state index contributed by atoms with van der Waals surface area (Å²) in [6.07, 6.45) is 1.74. The van der Waals surface area contributed by atoms with Crippen molar-refractivity contribution in [1.82, 2.24) is 14.5 Å². The van der Waals surface area contributed by atoms with Crippen LogP contribution in [0.5, 0.6) is 5.75 Å². The number of para-hydroxylation sites is 2. The van der Waals surface area contributed by atoms with E-state index in [2.05, 4.69) is 9.97 Å². The Bertz CT molecular complexity index is 1250. The molecule has 2 heterocycles. The number of aromatic nitrogens is 3. The van der Waals surface area contributed by atoms with Gasteiger partial charge in [-0.25, -0.2) is 9.55 Å². The Morgan fingerprint density at radius 2 is 1.90 bits per heavy atom. The summed E-state index contributed by atoms with van der Waals surface area (Å²) in [6, 6.07) is 16.6. The zero-order valence-electron chi connectivity index (χ0n) is 15.5. The molecule has 0 saturated carbocycles. The number of fused-ring (bicyclic) bond motifs is 1. The number of benzene rings is 2. The molecule has 2 N–H and O–H groups in total. The first kappa shape index (κ1) is 18.8. The van der Waals surface area contributed by atoms with Crippen molar-refractivity contribution in [3.8, 4) is 22.6 Å². The minimum Gasteiger partial charge on any atom is -0.495 e. The zero-order chi connectivity index (χ0) is 20.4. The Labute approximate surface area is 170 Å². The molecule has 0 aliphatic heterocycles. The first-order valence-corrected chi connectivity index (χ1v) is 9.76. The van der Waals surface area contributed by atoms with E-state index in [1.807, 2.05) is 30.3 Å². The van der Waals surface area contributed by atoms with Gasteiger partial charge in [-0.15, -0.1) is 0 Å². The predicted octanol–water partition coefficient (Wildman–Crippen LogP) is 3.57. The normalized spacial score (nSPS) is 10.9. The molecule has 0 unspecified atom stereocenters. The average Bonchev–Trinajstić information content (AvgIpc) is 3.17. The molecule has 7 nitrogen and oxygen atoms in total. The van der Waals surface area contributed by atoms with Crippen LogP contribution in [0, 0.1) is 0 Å². The maximum atomic E-state index is 13.4. The smallest absolute Gasteiger partial charge is 0.313 e. The van der Waals surface area contributed by atoms with Gasteiger partial charge in [-0.3, -0.25) is 9.59 Å². The molecular formula is C21H17N3O4S. The highest BCUT2D eigenvalue weighted by atomic mass is 32.2. The monoisotopic (exact) mass is 407 g/mol. The lowest BCUT2D eigenvalue weighted by Crippen LogP contribution is -2.22. The molecule has 0 atom stereocenters. The van der Waals surface area contributed by atoms with Crippen molar-refractivity contribution >= 4 is 28.8 Å². The van der Waals surface area contributed by atoms with Crippen LogP contribution >= 0.6 is 11.8 Å². The van der Waals surface area contributed by atoms with Crippen molar-refractivity contribution in [3.05, 3.63) is 71.1 Å². The lowest BCUT2D eigenvalue weighted by Gasteiger charge is -2.14. The third-order valence-corrected chi connectivity index (χ3v) is 5.33. The van der Waals surface area contributed by atoms with Crippen LogP contribution in [0.1, 0.15) is 0 Å². The Kier molecular flexibility index (Phi) is 5.09. The van der Waals surface area contributed by atoms with Crippen molar-refractivity contribution < 1.29 is 14.6 Å². The van der Waals surface area contributed by atoms with E-state index in [9.17, 15) is 9.59 Å². The number of ether oxygens (including phenoxy) is 1. The fourth-order valence-electron chi connectivity index (χ4n) is 3.13. The number of carboxylic acid groups (broad SMARTS) is 1. The van der Waals surface area contributed by atoms with Gasteiger partial charge in [-0.1, -0.05) is 54.2 Å². The van der Waals surface area contributed by atoms with Crippen LogP contribution in [-0.4, -0.2) is 38.5 Å². The summed E-state index contributed by atoms with van der Waals surface area (Å²) in [5, 5.41) is 9.43. The van der Waals surface area contributed by atoms with Gasteiger partial charge in [0.2, 0.25) is 0 Å². The first-order chi connectivity index (χ1) is 14.1. The molecule has 0 bridgehead atoms. The number of carboxylic acids is 1. The second kappa shape index (κ2) is 7.84. The lowest BCUT2D eigenvalue weighted by atomic mass is 10.1. The van der Waals surface area contributed by atoms with E-state index < -0.39 is 5.97 Å². The molecular weight excluding hydrogens is 390 g/mol. The van der Waals surface area contributed by atoms with E-state index in [0.29, 0.717) is 22.5 Å². The van der Waals surface area contributed by atoms with Crippen molar-refractivity contribution in [2.75, 3.05) is 12.9 Å². The van der Waals surface area contributed by atoms with Gasteiger partial charge in [0.25, 0.3) is 5.56 Å². The summed E-state index contributed by atoms with van der Waals surface area (Å²) in [4.78, 5) is 32.3. The molecule has 0 fully saturated rings. The van der Waals surface area contributed by atoms with Crippen LogP contribution in [-0.2, 0) is 4.79 Å². The number of carbonyl (C=O) groups is 1. The zero-order valence-corrected chi connectivity index (χ0v) is 16.3. The van der Waals surface area contributed by atoms with Crippen LogP contribution in [0.25, 0.3) is 27.8 Å². The molecule has 2 aromatic heterocycles.